The summed E-state index contributed by atoms with van der Waals surface area (Å²) >= 11 is 1.69. The summed E-state index contributed by atoms with van der Waals surface area (Å²) in [6, 6.07) is 20.4. The minimum absolute atomic E-state index is 0.344. The number of carbonyl (C=O) groups excluding carboxylic acids is 1. The number of benzene rings is 3. The summed E-state index contributed by atoms with van der Waals surface area (Å²) in [7, 11) is 0. The number of hydrogen-bond donors (Lipinski definition) is 1. The molecule has 0 aliphatic heterocycles. The van der Waals surface area contributed by atoms with Crippen molar-refractivity contribution < 1.29 is 13.6 Å². The summed E-state index contributed by atoms with van der Waals surface area (Å²) in [5, 5.41) is 2.28. The van der Waals surface area contributed by atoms with Crippen LogP contribution in [0.25, 0.3) is 0 Å². The third-order valence-corrected chi connectivity index (χ3v) is 4.65. The average molecular weight is 355 g/mol. The predicted octanol–water partition coefficient (Wildman–Crippen LogP) is 5.51. The fourth-order valence-corrected chi connectivity index (χ4v) is 3.11. The first-order chi connectivity index (χ1) is 12.1. The van der Waals surface area contributed by atoms with Gasteiger partial charge in [-0.25, -0.2) is 8.78 Å². The molecule has 1 amide bonds. The van der Waals surface area contributed by atoms with Gasteiger partial charge in [0.2, 0.25) is 0 Å². The summed E-state index contributed by atoms with van der Waals surface area (Å²) in [6.07, 6.45) is 0. The molecule has 126 valence electrons. The lowest BCUT2D eigenvalue weighted by Gasteiger charge is -2.08. The maximum Gasteiger partial charge on any atom is 0.255 e. The van der Waals surface area contributed by atoms with Crippen molar-refractivity contribution in [1.82, 2.24) is 0 Å². The molecule has 0 fully saturated rings. The van der Waals surface area contributed by atoms with Gasteiger partial charge < -0.3 is 5.32 Å². The molecule has 0 atom stereocenters. The summed E-state index contributed by atoms with van der Waals surface area (Å²) in [5.74, 6) is -1.38. The highest BCUT2D eigenvalue weighted by Crippen LogP contribution is 2.23. The van der Waals surface area contributed by atoms with E-state index in [1.54, 1.807) is 23.9 Å². The molecule has 2 nitrogen and oxygen atoms in total. The Hall–Kier alpha value is -2.66. The first-order valence-electron chi connectivity index (χ1n) is 7.65. The van der Waals surface area contributed by atoms with E-state index in [0.29, 0.717) is 5.56 Å². The van der Waals surface area contributed by atoms with Crippen molar-refractivity contribution in [2.45, 2.75) is 10.6 Å². The van der Waals surface area contributed by atoms with Gasteiger partial charge in [-0.3, -0.25) is 4.79 Å². The summed E-state index contributed by atoms with van der Waals surface area (Å²) in [5.41, 5.74) is 0.967. The van der Waals surface area contributed by atoms with Crippen molar-refractivity contribution in [1.29, 1.82) is 0 Å². The van der Waals surface area contributed by atoms with Crippen LogP contribution in [0.3, 0.4) is 0 Å². The molecular weight excluding hydrogens is 340 g/mol. The Morgan fingerprint density at radius 2 is 1.48 bits per heavy atom. The SMILES string of the molecule is O=C(Nc1c(F)cccc1F)c1ccc(CSc2ccccc2)cc1. The van der Waals surface area contributed by atoms with Crippen molar-refractivity contribution in [3.8, 4) is 0 Å². The van der Waals surface area contributed by atoms with E-state index in [4.69, 9.17) is 0 Å². The third-order valence-electron chi connectivity index (χ3n) is 3.57. The van der Waals surface area contributed by atoms with Crippen LogP contribution in [0.1, 0.15) is 15.9 Å². The Kier molecular flexibility index (Phi) is 5.46. The second-order valence-electron chi connectivity index (χ2n) is 5.35. The van der Waals surface area contributed by atoms with E-state index >= 15 is 0 Å². The molecule has 0 unspecified atom stereocenters. The molecule has 0 heterocycles. The first-order valence-corrected chi connectivity index (χ1v) is 8.64. The molecule has 0 radical (unpaired) electrons. The van der Waals surface area contributed by atoms with Gasteiger partial charge in [0, 0.05) is 16.2 Å². The van der Waals surface area contributed by atoms with E-state index in [1.807, 2.05) is 42.5 Å². The molecule has 0 spiro atoms. The van der Waals surface area contributed by atoms with Crippen LogP contribution in [0, 0.1) is 11.6 Å². The summed E-state index contributed by atoms with van der Waals surface area (Å²) in [6.45, 7) is 0. The summed E-state index contributed by atoms with van der Waals surface area (Å²) < 4.78 is 27.2. The second-order valence-corrected chi connectivity index (χ2v) is 6.40. The largest absolute Gasteiger partial charge is 0.317 e. The molecule has 0 aliphatic carbocycles. The normalized spacial score (nSPS) is 10.5. The molecule has 5 heteroatoms. The van der Waals surface area contributed by atoms with Gasteiger partial charge in [0.15, 0.2) is 0 Å². The molecule has 0 saturated heterocycles. The molecule has 0 aliphatic rings. The van der Waals surface area contributed by atoms with Crippen molar-refractivity contribution in [2.75, 3.05) is 5.32 Å². The molecule has 0 saturated carbocycles. The number of rotatable bonds is 5. The zero-order valence-electron chi connectivity index (χ0n) is 13.2. The van der Waals surface area contributed by atoms with Gasteiger partial charge in [-0.2, -0.15) is 0 Å². The van der Waals surface area contributed by atoms with E-state index in [1.165, 1.54) is 11.0 Å². The summed E-state index contributed by atoms with van der Waals surface area (Å²) in [4.78, 5) is 13.3. The van der Waals surface area contributed by atoms with Crippen molar-refractivity contribution in [3.05, 3.63) is 95.6 Å². The van der Waals surface area contributed by atoms with Gasteiger partial charge in [-0.05, 0) is 42.0 Å². The Bertz CT molecular complexity index is 846. The van der Waals surface area contributed by atoms with Gasteiger partial charge in [0.1, 0.15) is 17.3 Å². The van der Waals surface area contributed by atoms with Crippen LogP contribution in [0.2, 0.25) is 0 Å². The van der Waals surface area contributed by atoms with E-state index < -0.39 is 23.2 Å². The number of hydrogen-bond acceptors (Lipinski definition) is 2. The van der Waals surface area contributed by atoms with Crippen LogP contribution >= 0.6 is 11.8 Å². The molecular formula is C20H15F2NOS. The van der Waals surface area contributed by atoms with Gasteiger partial charge >= 0.3 is 0 Å². The Labute approximate surface area is 148 Å². The fourth-order valence-electron chi connectivity index (χ4n) is 2.24. The molecule has 25 heavy (non-hydrogen) atoms. The van der Waals surface area contributed by atoms with Crippen LogP contribution in [-0.2, 0) is 5.75 Å². The lowest BCUT2D eigenvalue weighted by Crippen LogP contribution is -2.14. The monoisotopic (exact) mass is 355 g/mol. The number of halogens is 2. The number of anilines is 1. The highest BCUT2D eigenvalue weighted by Gasteiger charge is 2.13. The highest BCUT2D eigenvalue weighted by atomic mass is 32.2. The molecule has 1 N–H and O–H groups in total. The Morgan fingerprint density at radius 3 is 2.12 bits per heavy atom. The van der Waals surface area contributed by atoms with Gasteiger partial charge in [-0.15, -0.1) is 11.8 Å². The van der Waals surface area contributed by atoms with Gasteiger partial charge in [-0.1, -0.05) is 36.4 Å². The minimum Gasteiger partial charge on any atom is -0.317 e. The zero-order valence-corrected chi connectivity index (χ0v) is 14.0. The lowest BCUT2D eigenvalue weighted by atomic mass is 10.1. The number of nitrogens with one attached hydrogen (secondary N) is 1. The van der Waals surface area contributed by atoms with Crippen LogP contribution in [-0.4, -0.2) is 5.91 Å². The fraction of sp³-hybridized carbons (Fsp3) is 0.0500. The Balaban J connectivity index is 1.64. The number of thioether (sulfide) groups is 1. The van der Waals surface area contributed by atoms with Crippen molar-refractivity contribution in [2.24, 2.45) is 0 Å². The Morgan fingerprint density at radius 1 is 0.840 bits per heavy atom. The molecule has 0 aromatic heterocycles. The minimum atomic E-state index is -0.802. The van der Waals surface area contributed by atoms with Crippen molar-refractivity contribution in [3.63, 3.8) is 0 Å². The van der Waals surface area contributed by atoms with Crippen LogP contribution in [0.4, 0.5) is 14.5 Å². The molecule has 0 bridgehead atoms. The zero-order chi connectivity index (χ0) is 17.6. The maximum atomic E-state index is 13.6. The predicted molar refractivity (Wildman–Crippen MR) is 96.8 cm³/mol. The smallest absolute Gasteiger partial charge is 0.255 e. The van der Waals surface area contributed by atoms with E-state index in [2.05, 4.69) is 5.32 Å². The van der Waals surface area contributed by atoms with Crippen LogP contribution < -0.4 is 5.32 Å². The lowest BCUT2D eigenvalue weighted by molar-refractivity contribution is 0.102. The van der Waals surface area contributed by atoms with E-state index in [-0.39, 0.29) is 0 Å². The third kappa shape index (κ3) is 4.45. The average Bonchev–Trinajstić information content (AvgIpc) is 2.64. The van der Waals surface area contributed by atoms with Gasteiger partial charge in [0.25, 0.3) is 5.91 Å². The standard InChI is InChI=1S/C20H15F2NOS/c21-17-7-4-8-18(22)19(17)23-20(24)15-11-9-14(10-12-15)13-25-16-5-2-1-3-6-16/h1-12H,13H2,(H,23,24). The van der Waals surface area contributed by atoms with Gasteiger partial charge in [0.05, 0.1) is 0 Å². The second kappa shape index (κ2) is 7.94. The molecule has 3 aromatic carbocycles. The molecule has 3 rings (SSSR count). The number of carbonyl (C=O) groups is 1. The highest BCUT2D eigenvalue weighted by molar-refractivity contribution is 7.98. The quantitative estimate of drug-likeness (QED) is 0.612. The van der Waals surface area contributed by atoms with Crippen LogP contribution in [0.5, 0.6) is 0 Å². The van der Waals surface area contributed by atoms with E-state index in [9.17, 15) is 13.6 Å². The molecule has 3 aromatic rings. The van der Waals surface area contributed by atoms with Crippen LogP contribution in [0.15, 0.2) is 77.7 Å². The van der Waals surface area contributed by atoms with E-state index in [0.717, 1.165) is 23.4 Å². The van der Waals surface area contributed by atoms with Crippen molar-refractivity contribution >= 4 is 23.4 Å². The maximum absolute atomic E-state index is 13.6. The topological polar surface area (TPSA) is 29.1 Å². The number of amides is 1. The number of para-hydroxylation sites is 1. The first kappa shape index (κ1) is 17.2.